The predicted octanol–water partition coefficient (Wildman–Crippen LogP) is 0.301. The minimum Gasteiger partial charge on any atom is -0.379 e. The summed E-state index contributed by atoms with van der Waals surface area (Å²) < 4.78 is 10.6. The van der Waals surface area contributed by atoms with E-state index in [0.717, 1.165) is 57.4 Å². The highest BCUT2D eigenvalue weighted by molar-refractivity contribution is 7.99. The van der Waals surface area contributed by atoms with E-state index in [1.54, 1.807) is 0 Å². The first kappa shape index (κ1) is 15.1. The van der Waals surface area contributed by atoms with Gasteiger partial charge in [-0.05, 0) is 0 Å². The van der Waals surface area contributed by atoms with Gasteiger partial charge in [0.2, 0.25) is 5.91 Å². The largest absolute Gasteiger partial charge is 0.379 e. The minimum atomic E-state index is 0.280. The Labute approximate surface area is 119 Å². The van der Waals surface area contributed by atoms with Gasteiger partial charge in [0.15, 0.2) is 0 Å². The molecule has 2 heterocycles. The molecule has 110 valence electrons. The Balaban J connectivity index is 1.47. The number of thioether (sulfide) groups is 1. The Bertz CT molecular complexity index is 267. The van der Waals surface area contributed by atoms with Gasteiger partial charge in [-0.25, -0.2) is 0 Å². The molecule has 0 saturated carbocycles. The van der Waals surface area contributed by atoms with E-state index in [4.69, 9.17) is 9.47 Å². The topological polar surface area (TPSA) is 42.0 Å². The van der Waals surface area contributed by atoms with E-state index in [-0.39, 0.29) is 5.91 Å². The van der Waals surface area contributed by atoms with E-state index in [2.05, 4.69) is 4.90 Å². The Morgan fingerprint density at radius 1 is 0.947 bits per heavy atom. The number of rotatable bonds is 6. The van der Waals surface area contributed by atoms with Crippen molar-refractivity contribution in [2.45, 2.75) is 6.42 Å². The van der Waals surface area contributed by atoms with E-state index in [9.17, 15) is 4.79 Å². The number of amides is 1. The Hall–Kier alpha value is -0.300. The predicted molar refractivity (Wildman–Crippen MR) is 76.6 cm³/mol. The third kappa shape index (κ3) is 5.69. The monoisotopic (exact) mass is 288 g/mol. The lowest BCUT2D eigenvalue weighted by Gasteiger charge is -2.27. The van der Waals surface area contributed by atoms with Crippen molar-refractivity contribution in [2.24, 2.45) is 0 Å². The summed E-state index contributed by atoms with van der Waals surface area (Å²) in [6, 6.07) is 0. The van der Waals surface area contributed by atoms with Crippen LogP contribution < -0.4 is 0 Å². The molecule has 0 aromatic carbocycles. The van der Waals surface area contributed by atoms with Crippen molar-refractivity contribution in [2.75, 3.05) is 70.7 Å². The summed E-state index contributed by atoms with van der Waals surface area (Å²) in [6.45, 7) is 7.83. The maximum absolute atomic E-state index is 11.9. The number of morpholine rings is 2. The van der Waals surface area contributed by atoms with Crippen LogP contribution in [0.5, 0.6) is 0 Å². The lowest BCUT2D eigenvalue weighted by Crippen LogP contribution is -2.40. The molecule has 0 radical (unpaired) electrons. The van der Waals surface area contributed by atoms with Crippen molar-refractivity contribution < 1.29 is 14.3 Å². The molecule has 0 bridgehead atoms. The second-order valence-electron chi connectivity index (χ2n) is 4.81. The van der Waals surface area contributed by atoms with Crippen molar-refractivity contribution in [3.63, 3.8) is 0 Å². The molecule has 0 aliphatic carbocycles. The lowest BCUT2D eigenvalue weighted by atomic mass is 10.3. The van der Waals surface area contributed by atoms with Gasteiger partial charge in [0, 0.05) is 50.7 Å². The number of hydrogen-bond donors (Lipinski definition) is 0. The van der Waals surface area contributed by atoms with Gasteiger partial charge in [-0.1, -0.05) is 0 Å². The third-order valence-electron chi connectivity index (χ3n) is 3.48. The maximum Gasteiger partial charge on any atom is 0.223 e. The second kappa shape index (κ2) is 8.79. The van der Waals surface area contributed by atoms with Gasteiger partial charge in [-0.15, -0.1) is 0 Å². The quantitative estimate of drug-likeness (QED) is 0.658. The summed E-state index contributed by atoms with van der Waals surface area (Å²) in [5.74, 6) is 2.32. The third-order valence-corrected chi connectivity index (χ3v) is 4.44. The van der Waals surface area contributed by atoms with Crippen LogP contribution in [-0.4, -0.2) is 86.4 Å². The zero-order valence-electron chi connectivity index (χ0n) is 11.5. The fraction of sp³-hybridized carbons (Fsp3) is 0.923. The van der Waals surface area contributed by atoms with Crippen molar-refractivity contribution in [3.05, 3.63) is 0 Å². The van der Waals surface area contributed by atoms with Gasteiger partial charge >= 0.3 is 0 Å². The fourth-order valence-corrected chi connectivity index (χ4v) is 3.16. The number of hydrogen-bond acceptors (Lipinski definition) is 5. The maximum atomic E-state index is 11.9. The standard InChI is InChI=1S/C13H24N2O3S/c16-13(15-4-9-18-10-5-15)1-11-19-12-6-14-2-7-17-8-3-14/h1-12H2. The molecule has 0 atom stereocenters. The van der Waals surface area contributed by atoms with Gasteiger partial charge in [0.1, 0.15) is 0 Å². The highest BCUT2D eigenvalue weighted by Crippen LogP contribution is 2.08. The normalized spacial score (nSPS) is 21.6. The Morgan fingerprint density at radius 2 is 1.58 bits per heavy atom. The van der Waals surface area contributed by atoms with Crippen LogP contribution in [0.3, 0.4) is 0 Å². The van der Waals surface area contributed by atoms with Gasteiger partial charge in [0.25, 0.3) is 0 Å². The zero-order chi connectivity index (χ0) is 13.3. The van der Waals surface area contributed by atoms with Crippen LogP contribution in [0.2, 0.25) is 0 Å². The number of nitrogens with zero attached hydrogens (tertiary/aromatic N) is 2. The molecule has 0 unspecified atom stereocenters. The molecule has 0 spiro atoms. The van der Waals surface area contributed by atoms with Gasteiger partial charge < -0.3 is 14.4 Å². The molecular formula is C13H24N2O3S. The molecule has 2 saturated heterocycles. The van der Waals surface area contributed by atoms with E-state index >= 15 is 0 Å². The van der Waals surface area contributed by atoms with E-state index in [0.29, 0.717) is 19.6 Å². The highest BCUT2D eigenvalue weighted by atomic mass is 32.2. The Kier molecular flexibility index (Phi) is 6.98. The van der Waals surface area contributed by atoms with Crippen LogP contribution in [0.15, 0.2) is 0 Å². The Morgan fingerprint density at radius 3 is 2.26 bits per heavy atom. The summed E-state index contributed by atoms with van der Waals surface area (Å²) in [4.78, 5) is 16.2. The van der Waals surface area contributed by atoms with Crippen LogP contribution in [0, 0.1) is 0 Å². The molecule has 19 heavy (non-hydrogen) atoms. The molecular weight excluding hydrogens is 264 g/mol. The van der Waals surface area contributed by atoms with Gasteiger partial charge in [-0.3, -0.25) is 9.69 Å². The molecule has 0 N–H and O–H groups in total. The summed E-state index contributed by atoms with van der Waals surface area (Å²) in [7, 11) is 0. The average molecular weight is 288 g/mol. The molecule has 1 amide bonds. The van der Waals surface area contributed by atoms with Crippen molar-refractivity contribution in [1.29, 1.82) is 0 Å². The zero-order valence-corrected chi connectivity index (χ0v) is 12.3. The van der Waals surface area contributed by atoms with E-state index in [1.807, 2.05) is 16.7 Å². The number of carbonyl (C=O) groups excluding carboxylic acids is 1. The van der Waals surface area contributed by atoms with Crippen LogP contribution in [0.4, 0.5) is 0 Å². The smallest absolute Gasteiger partial charge is 0.223 e. The summed E-state index contributed by atoms with van der Waals surface area (Å²) in [5, 5.41) is 0. The SMILES string of the molecule is O=C(CCSCCN1CCOCC1)N1CCOCC1. The first-order valence-electron chi connectivity index (χ1n) is 7.09. The van der Waals surface area contributed by atoms with Crippen molar-refractivity contribution in [3.8, 4) is 0 Å². The molecule has 5 nitrogen and oxygen atoms in total. The molecule has 0 aromatic rings. The number of ether oxygens (including phenoxy) is 2. The summed E-state index contributed by atoms with van der Waals surface area (Å²) in [6.07, 6.45) is 0.660. The molecule has 2 aliphatic rings. The van der Waals surface area contributed by atoms with Crippen molar-refractivity contribution in [1.82, 2.24) is 9.80 Å². The molecule has 2 rings (SSSR count). The summed E-state index contributed by atoms with van der Waals surface area (Å²) in [5.41, 5.74) is 0. The molecule has 0 aromatic heterocycles. The molecule has 2 aliphatic heterocycles. The first-order valence-corrected chi connectivity index (χ1v) is 8.25. The van der Waals surface area contributed by atoms with E-state index < -0.39 is 0 Å². The fourth-order valence-electron chi connectivity index (χ4n) is 2.25. The minimum absolute atomic E-state index is 0.280. The van der Waals surface area contributed by atoms with Crippen molar-refractivity contribution >= 4 is 17.7 Å². The average Bonchev–Trinajstić information content (AvgIpc) is 2.49. The molecule has 6 heteroatoms. The van der Waals surface area contributed by atoms with Gasteiger partial charge in [-0.2, -0.15) is 11.8 Å². The second-order valence-corrected chi connectivity index (χ2v) is 6.03. The van der Waals surface area contributed by atoms with Crippen LogP contribution >= 0.6 is 11.8 Å². The lowest BCUT2D eigenvalue weighted by molar-refractivity contribution is -0.134. The van der Waals surface area contributed by atoms with Crippen LogP contribution in [0.1, 0.15) is 6.42 Å². The van der Waals surface area contributed by atoms with Crippen LogP contribution in [0.25, 0.3) is 0 Å². The first-order chi connectivity index (χ1) is 9.36. The molecule has 2 fully saturated rings. The number of carbonyl (C=O) groups is 1. The van der Waals surface area contributed by atoms with E-state index in [1.165, 1.54) is 0 Å². The van der Waals surface area contributed by atoms with Crippen LogP contribution in [-0.2, 0) is 14.3 Å². The van der Waals surface area contributed by atoms with Gasteiger partial charge in [0.05, 0.1) is 26.4 Å². The summed E-state index contributed by atoms with van der Waals surface area (Å²) >= 11 is 1.88. The highest BCUT2D eigenvalue weighted by Gasteiger charge is 2.16.